The van der Waals surface area contributed by atoms with Crippen LogP contribution in [0.4, 0.5) is 5.82 Å². The summed E-state index contributed by atoms with van der Waals surface area (Å²) in [7, 11) is 0. The lowest BCUT2D eigenvalue weighted by Gasteiger charge is -2.35. The summed E-state index contributed by atoms with van der Waals surface area (Å²) >= 11 is 6.08. The lowest BCUT2D eigenvalue weighted by molar-refractivity contribution is -0.00755. The first-order chi connectivity index (χ1) is 7.96. The number of anilines is 1. The van der Waals surface area contributed by atoms with E-state index < -0.39 is 5.60 Å². The van der Waals surface area contributed by atoms with Gasteiger partial charge in [0.2, 0.25) is 0 Å². The lowest BCUT2D eigenvalue weighted by atomic mass is 9.94. The second kappa shape index (κ2) is 4.80. The molecule has 0 saturated carbocycles. The largest absolute Gasteiger partial charge is 0.390 e. The molecular formula is C12H18ClN3O. The van der Waals surface area contributed by atoms with Crippen LogP contribution in [0.1, 0.15) is 25.5 Å². The number of hydrogen-bond donors (Lipinski definition) is 2. The minimum Gasteiger partial charge on any atom is -0.390 e. The van der Waals surface area contributed by atoms with Crippen LogP contribution in [-0.2, 0) is 6.54 Å². The van der Waals surface area contributed by atoms with Crippen LogP contribution >= 0.6 is 11.6 Å². The number of nitrogens with zero attached hydrogens (tertiary/aromatic N) is 2. The Morgan fingerprint density at radius 1 is 1.47 bits per heavy atom. The molecule has 0 unspecified atom stereocenters. The first-order valence-electron chi connectivity index (χ1n) is 5.82. The topological polar surface area (TPSA) is 62.4 Å². The van der Waals surface area contributed by atoms with Gasteiger partial charge in [-0.2, -0.15) is 0 Å². The highest BCUT2D eigenvalue weighted by Gasteiger charge is 2.27. The Kier molecular flexibility index (Phi) is 3.56. The molecule has 1 saturated heterocycles. The van der Waals surface area contributed by atoms with Crippen LogP contribution in [0.5, 0.6) is 0 Å². The number of nitrogen functional groups attached to an aromatic ring is 1. The molecule has 1 aromatic rings. The van der Waals surface area contributed by atoms with Gasteiger partial charge >= 0.3 is 0 Å². The second-order valence-electron chi connectivity index (χ2n) is 4.94. The van der Waals surface area contributed by atoms with Gasteiger partial charge in [-0.15, -0.1) is 0 Å². The zero-order chi connectivity index (χ0) is 12.5. The lowest BCUT2D eigenvalue weighted by Crippen LogP contribution is -2.42. The Bertz CT molecular complexity index is 399. The number of hydrogen-bond acceptors (Lipinski definition) is 4. The Labute approximate surface area is 106 Å². The monoisotopic (exact) mass is 255 g/mol. The first kappa shape index (κ1) is 12.6. The Balaban J connectivity index is 2.00. The molecule has 17 heavy (non-hydrogen) atoms. The van der Waals surface area contributed by atoms with Crippen molar-refractivity contribution in [3.63, 3.8) is 0 Å². The number of likely N-dealkylation sites (tertiary alicyclic amines) is 1. The Morgan fingerprint density at radius 3 is 2.76 bits per heavy atom. The minimum absolute atomic E-state index is 0.494. The smallest absolute Gasteiger partial charge is 0.123 e. The van der Waals surface area contributed by atoms with Crippen molar-refractivity contribution in [3.05, 3.63) is 22.8 Å². The average molecular weight is 256 g/mol. The van der Waals surface area contributed by atoms with Gasteiger partial charge in [-0.1, -0.05) is 11.6 Å². The summed E-state index contributed by atoms with van der Waals surface area (Å²) in [5.41, 5.74) is 5.94. The minimum atomic E-state index is -0.524. The van der Waals surface area contributed by atoms with E-state index in [4.69, 9.17) is 17.3 Å². The van der Waals surface area contributed by atoms with Gasteiger partial charge in [-0.05, 0) is 31.9 Å². The molecule has 0 spiro atoms. The van der Waals surface area contributed by atoms with Gasteiger partial charge in [0.15, 0.2) is 0 Å². The maximum Gasteiger partial charge on any atom is 0.123 e. The normalized spacial score (nSPS) is 20.4. The van der Waals surface area contributed by atoms with E-state index >= 15 is 0 Å². The highest BCUT2D eigenvalue weighted by atomic mass is 35.5. The second-order valence-corrected chi connectivity index (χ2v) is 5.34. The van der Waals surface area contributed by atoms with E-state index in [9.17, 15) is 5.11 Å². The fourth-order valence-electron chi connectivity index (χ4n) is 2.02. The van der Waals surface area contributed by atoms with Crippen molar-refractivity contribution in [2.24, 2.45) is 0 Å². The van der Waals surface area contributed by atoms with Gasteiger partial charge in [0.1, 0.15) is 5.82 Å². The predicted molar refractivity (Wildman–Crippen MR) is 68.8 cm³/mol. The summed E-state index contributed by atoms with van der Waals surface area (Å²) in [6, 6.07) is 3.48. The molecule has 0 aliphatic carbocycles. The zero-order valence-corrected chi connectivity index (χ0v) is 10.7. The first-order valence-corrected chi connectivity index (χ1v) is 6.20. The zero-order valence-electron chi connectivity index (χ0n) is 9.99. The molecule has 0 amide bonds. The van der Waals surface area contributed by atoms with E-state index in [0.717, 1.165) is 31.6 Å². The summed E-state index contributed by atoms with van der Waals surface area (Å²) in [6.07, 6.45) is 1.57. The van der Waals surface area contributed by atoms with E-state index in [-0.39, 0.29) is 0 Å². The average Bonchev–Trinajstić information content (AvgIpc) is 2.26. The molecule has 0 radical (unpaired) electrons. The molecule has 0 aromatic carbocycles. The molecule has 1 aromatic heterocycles. The number of rotatable bonds is 2. The SMILES string of the molecule is CC1(O)CCN(Cc2nc(N)ccc2Cl)CC1. The van der Waals surface area contributed by atoms with Crippen molar-refractivity contribution in [3.8, 4) is 0 Å². The molecule has 2 heterocycles. The fourth-order valence-corrected chi connectivity index (χ4v) is 2.18. The molecule has 3 N–H and O–H groups in total. The number of pyridine rings is 1. The van der Waals surface area contributed by atoms with E-state index in [2.05, 4.69) is 9.88 Å². The molecule has 1 aliphatic heterocycles. The molecule has 1 aliphatic rings. The standard InChI is InChI=1S/C12H18ClN3O/c1-12(17)4-6-16(7-5-12)8-10-9(13)2-3-11(14)15-10/h2-3,17H,4-8H2,1H3,(H2,14,15). The molecule has 5 heteroatoms. The van der Waals surface area contributed by atoms with Gasteiger partial charge in [0, 0.05) is 19.6 Å². The number of halogens is 1. The summed E-state index contributed by atoms with van der Waals surface area (Å²) in [5, 5.41) is 10.5. The maximum atomic E-state index is 9.87. The summed E-state index contributed by atoms with van der Waals surface area (Å²) in [4.78, 5) is 6.49. The van der Waals surface area contributed by atoms with Crippen molar-refractivity contribution in [1.82, 2.24) is 9.88 Å². The van der Waals surface area contributed by atoms with E-state index in [0.29, 0.717) is 17.4 Å². The number of aliphatic hydroxyl groups is 1. The van der Waals surface area contributed by atoms with Crippen molar-refractivity contribution in [2.45, 2.75) is 31.9 Å². The van der Waals surface area contributed by atoms with Crippen LogP contribution in [0.2, 0.25) is 5.02 Å². The molecule has 94 valence electrons. The summed E-state index contributed by atoms with van der Waals surface area (Å²) in [6.45, 7) is 4.30. The fraction of sp³-hybridized carbons (Fsp3) is 0.583. The van der Waals surface area contributed by atoms with E-state index in [1.807, 2.05) is 6.92 Å². The van der Waals surface area contributed by atoms with Crippen LogP contribution in [0.25, 0.3) is 0 Å². The van der Waals surface area contributed by atoms with Gasteiger partial charge in [-0.3, -0.25) is 4.90 Å². The highest BCUT2D eigenvalue weighted by molar-refractivity contribution is 6.31. The summed E-state index contributed by atoms with van der Waals surface area (Å²) < 4.78 is 0. The maximum absolute atomic E-state index is 9.87. The van der Waals surface area contributed by atoms with Gasteiger partial charge < -0.3 is 10.8 Å². The highest BCUT2D eigenvalue weighted by Crippen LogP contribution is 2.24. The quantitative estimate of drug-likeness (QED) is 0.844. The number of nitrogens with two attached hydrogens (primary N) is 1. The molecule has 0 atom stereocenters. The third-order valence-corrected chi connectivity index (χ3v) is 3.59. The van der Waals surface area contributed by atoms with Crippen LogP contribution in [0, 0.1) is 0 Å². The van der Waals surface area contributed by atoms with Gasteiger partial charge in [-0.25, -0.2) is 4.98 Å². The van der Waals surface area contributed by atoms with Gasteiger partial charge in [0.05, 0.1) is 16.3 Å². The Morgan fingerprint density at radius 2 is 2.12 bits per heavy atom. The van der Waals surface area contributed by atoms with Gasteiger partial charge in [0.25, 0.3) is 0 Å². The van der Waals surface area contributed by atoms with Crippen LogP contribution < -0.4 is 5.73 Å². The molecule has 1 fully saturated rings. The van der Waals surface area contributed by atoms with Crippen molar-refractivity contribution in [2.75, 3.05) is 18.8 Å². The van der Waals surface area contributed by atoms with Crippen LogP contribution in [0.3, 0.4) is 0 Å². The molecule has 4 nitrogen and oxygen atoms in total. The van der Waals surface area contributed by atoms with Crippen LogP contribution in [0.15, 0.2) is 12.1 Å². The van der Waals surface area contributed by atoms with Crippen LogP contribution in [-0.4, -0.2) is 33.7 Å². The van der Waals surface area contributed by atoms with E-state index in [1.165, 1.54) is 0 Å². The number of aromatic nitrogens is 1. The van der Waals surface area contributed by atoms with E-state index in [1.54, 1.807) is 12.1 Å². The Hall–Kier alpha value is -0.840. The van der Waals surface area contributed by atoms with Crippen molar-refractivity contribution < 1.29 is 5.11 Å². The number of piperidine rings is 1. The third kappa shape index (κ3) is 3.31. The summed E-state index contributed by atoms with van der Waals surface area (Å²) in [5.74, 6) is 0.494. The van der Waals surface area contributed by atoms with Crippen molar-refractivity contribution >= 4 is 17.4 Å². The molecule has 0 bridgehead atoms. The molecular weight excluding hydrogens is 238 g/mol. The van der Waals surface area contributed by atoms with Crippen molar-refractivity contribution in [1.29, 1.82) is 0 Å². The predicted octanol–water partition coefficient (Wildman–Crippen LogP) is 1.66. The molecule has 2 rings (SSSR count). The third-order valence-electron chi connectivity index (χ3n) is 3.25.